The summed E-state index contributed by atoms with van der Waals surface area (Å²) in [6.07, 6.45) is 0.368. The van der Waals surface area contributed by atoms with E-state index in [0.717, 1.165) is 25.1 Å². The number of ether oxygens (including phenoxy) is 3. The van der Waals surface area contributed by atoms with E-state index in [1.54, 1.807) is 20.8 Å². The lowest BCUT2D eigenvalue weighted by Crippen LogP contribution is -2.47. The van der Waals surface area contributed by atoms with Crippen molar-refractivity contribution in [2.45, 2.75) is 79.6 Å². The van der Waals surface area contributed by atoms with Gasteiger partial charge in [-0.1, -0.05) is 37.8 Å². The first kappa shape index (κ1) is 30.0. The number of nitrogens with one attached hydrogen (secondary N) is 1. The average molecular weight is 495 g/mol. The van der Waals surface area contributed by atoms with Gasteiger partial charge in [0.25, 0.3) is 0 Å². The van der Waals surface area contributed by atoms with Crippen LogP contribution in [0, 0.1) is 0 Å². The molecule has 0 aromatic heterocycles. The van der Waals surface area contributed by atoms with Crippen molar-refractivity contribution in [1.82, 2.24) is 20.5 Å². The summed E-state index contributed by atoms with van der Waals surface area (Å²) in [5.74, 6) is 0. The molecule has 1 aromatic rings. The fourth-order valence-electron chi connectivity index (χ4n) is 3.10. The third kappa shape index (κ3) is 10.9. The van der Waals surface area contributed by atoms with Crippen LogP contribution in [0.1, 0.15) is 67.4 Å². The number of carbonyl (C=O) groups is 3. The van der Waals surface area contributed by atoms with Crippen LogP contribution in [0.15, 0.2) is 30.3 Å². The Balaban J connectivity index is 0.000000401. The lowest BCUT2D eigenvalue weighted by molar-refractivity contribution is -0.0266. The number of amides is 3. The Hall–Kier alpha value is -3.01. The zero-order valence-corrected chi connectivity index (χ0v) is 21.1. The van der Waals surface area contributed by atoms with Gasteiger partial charge in [-0.15, -0.1) is 0 Å². The van der Waals surface area contributed by atoms with Gasteiger partial charge >= 0.3 is 18.3 Å². The summed E-state index contributed by atoms with van der Waals surface area (Å²) in [6.45, 7) is 13.6. The number of benzene rings is 1. The van der Waals surface area contributed by atoms with Crippen LogP contribution in [0.2, 0.25) is 0 Å². The van der Waals surface area contributed by atoms with E-state index in [1.165, 1.54) is 15.0 Å². The molecule has 2 aliphatic heterocycles. The molecule has 3 amide bonds. The number of hydrogen-bond donors (Lipinski definition) is 1. The molecule has 198 valence electrons. The predicted octanol–water partition coefficient (Wildman–Crippen LogP) is 4.95. The largest absolute Gasteiger partial charge is 0.443 e. The van der Waals surface area contributed by atoms with Crippen LogP contribution in [-0.2, 0) is 20.8 Å². The van der Waals surface area contributed by atoms with E-state index in [2.05, 4.69) is 5.43 Å². The van der Waals surface area contributed by atoms with Crippen molar-refractivity contribution >= 4 is 18.3 Å². The van der Waals surface area contributed by atoms with Gasteiger partial charge in [-0.2, -0.15) is 0 Å². The number of nitrogens with zero attached hydrogens (tertiary/aromatic N) is 3. The third-order valence-corrected chi connectivity index (χ3v) is 4.53. The Morgan fingerprint density at radius 1 is 0.800 bits per heavy atom. The standard InChI is InChI=1S/C16H22N2O4.C8H16N2O2.CH4/c1-16(2,3)22-15(20)18-11-7-10-17(18)14(19)21-12-13-8-5-4-6-9-13;1-8(2,3)12-7(11)10-6-4-5-9-10;/h4-6,8-9H,7,10-12H2,1-3H3;9H,4-6H2,1-3H3;1H4. The van der Waals surface area contributed by atoms with E-state index in [0.29, 0.717) is 19.5 Å². The molecule has 0 saturated carbocycles. The van der Waals surface area contributed by atoms with Crippen molar-refractivity contribution in [1.29, 1.82) is 0 Å². The first-order valence-electron chi connectivity index (χ1n) is 11.6. The molecule has 10 nitrogen and oxygen atoms in total. The predicted molar refractivity (Wildman–Crippen MR) is 133 cm³/mol. The molecule has 1 N–H and O–H groups in total. The number of hydrazine groups is 2. The van der Waals surface area contributed by atoms with Crippen molar-refractivity contribution < 1.29 is 28.6 Å². The Bertz CT molecular complexity index is 813. The fourth-order valence-corrected chi connectivity index (χ4v) is 3.10. The molecular weight excluding hydrogens is 452 g/mol. The summed E-state index contributed by atoms with van der Waals surface area (Å²) in [7, 11) is 0. The monoisotopic (exact) mass is 494 g/mol. The second kappa shape index (κ2) is 13.2. The maximum Gasteiger partial charge on any atom is 0.429 e. The Labute approximate surface area is 209 Å². The van der Waals surface area contributed by atoms with Crippen LogP contribution >= 0.6 is 0 Å². The van der Waals surface area contributed by atoms with Crippen molar-refractivity contribution in [3.05, 3.63) is 35.9 Å². The fraction of sp³-hybridized carbons (Fsp3) is 0.640. The second-order valence-corrected chi connectivity index (χ2v) is 10.0. The highest BCUT2D eigenvalue weighted by atomic mass is 16.6. The first-order valence-corrected chi connectivity index (χ1v) is 11.6. The summed E-state index contributed by atoms with van der Waals surface area (Å²) in [6, 6.07) is 9.42. The molecule has 0 atom stereocenters. The molecule has 2 heterocycles. The van der Waals surface area contributed by atoms with Gasteiger partial charge in [-0.05, 0) is 59.9 Å². The number of rotatable bonds is 2. The van der Waals surface area contributed by atoms with Gasteiger partial charge in [0.15, 0.2) is 0 Å². The Morgan fingerprint density at radius 3 is 1.86 bits per heavy atom. The minimum absolute atomic E-state index is 0. The van der Waals surface area contributed by atoms with E-state index in [4.69, 9.17) is 14.2 Å². The van der Waals surface area contributed by atoms with Crippen molar-refractivity contribution in [3.8, 4) is 0 Å². The summed E-state index contributed by atoms with van der Waals surface area (Å²) in [5.41, 5.74) is 2.84. The SMILES string of the molecule is C.CC(C)(C)OC(=O)N1CCCN1.CC(C)(C)OC(=O)N1CCCN1C(=O)OCc1ccccc1. The summed E-state index contributed by atoms with van der Waals surface area (Å²) in [5, 5.41) is 4.13. The summed E-state index contributed by atoms with van der Waals surface area (Å²) >= 11 is 0. The minimum atomic E-state index is -0.598. The van der Waals surface area contributed by atoms with E-state index < -0.39 is 23.4 Å². The molecule has 0 unspecified atom stereocenters. The Morgan fingerprint density at radius 2 is 1.34 bits per heavy atom. The molecule has 1 aromatic carbocycles. The molecule has 0 spiro atoms. The van der Waals surface area contributed by atoms with Gasteiger partial charge in [0, 0.05) is 26.2 Å². The topological polar surface area (TPSA) is 101 Å². The molecule has 35 heavy (non-hydrogen) atoms. The Kier molecular flexibility index (Phi) is 11.3. The molecule has 10 heteroatoms. The first-order chi connectivity index (χ1) is 15.9. The quantitative estimate of drug-likeness (QED) is 0.581. The average Bonchev–Trinajstić information content (AvgIpc) is 3.43. The third-order valence-electron chi connectivity index (χ3n) is 4.53. The van der Waals surface area contributed by atoms with Gasteiger partial charge in [0.2, 0.25) is 0 Å². The maximum absolute atomic E-state index is 12.2. The lowest BCUT2D eigenvalue weighted by atomic mass is 10.2. The van der Waals surface area contributed by atoms with E-state index >= 15 is 0 Å². The van der Waals surface area contributed by atoms with Gasteiger partial charge in [-0.3, -0.25) is 0 Å². The van der Waals surface area contributed by atoms with Crippen LogP contribution in [0.25, 0.3) is 0 Å². The van der Waals surface area contributed by atoms with Crippen molar-refractivity contribution in [2.24, 2.45) is 0 Å². The van der Waals surface area contributed by atoms with Crippen LogP contribution in [0.5, 0.6) is 0 Å². The molecule has 0 radical (unpaired) electrons. The zero-order chi connectivity index (χ0) is 25.4. The zero-order valence-electron chi connectivity index (χ0n) is 21.1. The molecule has 2 saturated heterocycles. The van der Waals surface area contributed by atoms with Crippen LogP contribution < -0.4 is 5.43 Å². The van der Waals surface area contributed by atoms with Crippen molar-refractivity contribution in [2.75, 3.05) is 26.2 Å². The second-order valence-electron chi connectivity index (χ2n) is 10.0. The van der Waals surface area contributed by atoms with Crippen LogP contribution in [0.3, 0.4) is 0 Å². The number of carbonyl (C=O) groups excluding carboxylic acids is 3. The summed E-state index contributed by atoms with van der Waals surface area (Å²) < 4.78 is 15.7. The van der Waals surface area contributed by atoms with Crippen LogP contribution in [0.4, 0.5) is 14.4 Å². The molecule has 2 fully saturated rings. The van der Waals surface area contributed by atoms with E-state index in [-0.39, 0.29) is 20.1 Å². The highest BCUT2D eigenvalue weighted by Crippen LogP contribution is 2.18. The number of hydrogen-bond acceptors (Lipinski definition) is 7. The van der Waals surface area contributed by atoms with Gasteiger partial charge in [0.1, 0.15) is 17.8 Å². The van der Waals surface area contributed by atoms with Crippen molar-refractivity contribution in [3.63, 3.8) is 0 Å². The maximum atomic E-state index is 12.2. The molecular formula is C25H42N4O6. The van der Waals surface area contributed by atoms with Crippen LogP contribution in [-0.4, -0.2) is 70.7 Å². The summed E-state index contributed by atoms with van der Waals surface area (Å²) in [4.78, 5) is 35.6. The lowest BCUT2D eigenvalue weighted by Gasteiger charge is -2.29. The smallest absolute Gasteiger partial charge is 0.429 e. The molecule has 0 aliphatic carbocycles. The van der Waals surface area contributed by atoms with E-state index in [1.807, 2.05) is 51.1 Å². The van der Waals surface area contributed by atoms with Gasteiger partial charge in [0.05, 0.1) is 0 Å². The normalized spacial score (nSPS) is 15.5. The van der Waals surface area contributed by atoms with Gasteiger partial charge < -0.3 is 14.2 Å². The molecule has 2 aliphatic rings. The van der Waals surface area contributed by atoms with Gasteiger partial charge in [-0.25, -0.2) is 34.8 Å². The highest BCUT2D eigenvalue weighted by molar-refractivity contribution is 5.75. The minimum Gasteiger partial charge on any atom is -0.443 e. The van der Waals surface area contributed by atoms with E-state index in [9.17, 15) is 14.4 Å². The highest BCUT2D eigenvalue weighted by Gasteiger charge is 2.34. The molecule has 3 rings (SSSR count). The molecule has 0 bridgehead atoms.